The van der Waals surface area contributed by atoms with Crippen LogP contribution in [0.25, 0.3) is 0 Å². The number of carbonyl (C=O) groups excluding carboxylic acids is 2. The van der Waals surface area contributed by atoms with Gasteiger partial charge in [-0.3, -0.25) is 9.59 Å². The molecule has 1 saturated carbocycles. The minimum absolute atomic E-state index is 0.0170. The number of hydrogen-bond acceptors (Lipinski definition) is 4. The molecule has 1 heterocycles. The second-order valence-electron chi connectivity index (χ2n) is 10.9. The number of amides is 2. The normalized spacial score (nSPS) is 19.5. The Kier molecular flexibility index (Phi) is 8.54. The molecule has 3 aromatic rings. The maximum Gasteiger partial charge on any atom is 0.416 e. The Morgan fingerprint density at radius 1 is 0.929 bits per heavy atom. The summed E-state index contributed by atoms with van der Waals surface area (Å²) >= 11 is 0. The average molecular weight is 584 g/mol. The molecular formula is C32H33F4N3O3. The number of carbonyl (C=O) groups is 2. The van der Waals surface area contributed by atoms with Crippen molar-refractivity contribution in [1.29, 1.82) is 0 Å². The second-order valence-corrected chi connectivity index (χ2v) is 10.9. The van der Waals surface area contributed by atoms with Crippen LogP contribution in [0.4, 0.5) is 28.9 Å². The number of anilines is 2. The van der Waals surface area contributed by atoms with E-state index < -0.39 is 41.5 Å². The minimum atomic E-state index is -4.59. The lowest BCUT2D eigenvalue weighted by atomic mass is 9.95. The number of nitrogens with zero attached hydrogens (tertiary/aromatic N) is 1. The second kappa shape index (κ2) is 12.1. The number of benzene rings is 3. The SMILES string of the molecule is Cc1ccc(NC(=O)[C@@H]2OCCN(C(=O)c3c(C)cccc3F)[C@@H]2c2ccc(NC3CCCC3)cc2)cc1C(F)(F)F. The van der Waals surface area contributed by atoms with Gasteiger partial charge >= 0.3 is 6.18 Å². The van der Waals surface area contributed by atoms with Crippen LogP contribution in [-0.2, 0) is 15.7 Å². The molecule has 42 heavy (non-hydrogen) atoms. The van der Waals surface area contributed by atoms with Crippen molar-refractivity contribution in [1.82, 2.24) is 4.90 Å². The molecule has 1 aliphatic heterocycles. The number of rotatable bonds is 6. The van der Waals surface area contributed by atoms with Crippen molar-refractivity contribution in [3.63, 3.8) is 0 Å². The summed E-state index contributed by atoms with van der Waals surface area (Å²) in [7, 11) is 0. The lowest BCUT2D eigenvalue weighted by molar-refractivity contribution is -0.139. The summed E-state index contributed by atoms with van der Waals surface area (Å²) in [6.45, 7) is 3.05. The molecule has 3 aromatic carbocycles. The third-order valence-corrected chi connectivity index (χ3v) is 8.00. The number of ether oxygens (including phenoxy) is 1. The van der Waals surface area contributed by atoms with Gasteiger partial charge in [0.05, 0.1) is 23.8 Å². The molecule has 2 atom stereocenters. The van der Waals surface area contributed by atoms with Crippen molar-refractivity contribution in [2.24, 2.45) is 0 Å². The fourth-order valence-electron chi connectivity index (χ4n) is 5.82. The smallest absolute Gasteiger partial charge is 0.382 e. The zero-order valence-electron chi connectivity index (χ0n) is 23.4. The van der Waals surface area contributed by atoms with E-state index in [0.29, 0.717) is 17.2 Å². The first kappa shape index (κ1) is 29.6. The Labute approximate surface area is 242 Å². The third kappa shape index (κ3) is 6.28. The largest absolute Gasteiger partial charge is 0.416 e. The number of alkyl halides is 3. The van der Waals surface area contributed by atoms with Gasteiger partial charge in [0.2, 0.25) is 0 Å². The van der Waals surface area contributed by atoms with E-state index >= 15 is 0 Å². The average Bonchev–Trinajstić information content (AvgIpc) is 3.46. The number of hydrogen-bond donors (Lipinski definition) is 2. The fourth-order valence-corrected chi connectivity index (χ4v) is 5.82. The highest BCUT2D eigenvalue weighted by Crippen LogP contribution is 2.36. The Hall–Kier alpha value is -3.92. The molecule has 0 radical (unpaired) electrons. The number of nitrogens with one attached hydrogen (secondary N) is 2. The molecule has 0 unspecified atom stereocenters. The van der Waals surface area contributed by atoms with Crippen LogP contribution < -0.4 is 10.6 Å². The van der Waals surface area contributed by atoms with Crippen molar-refractivity contribution in [2.45, 2.75) is 63.9 Å². The van der Waals surface area contributed by atoms with Crippen molar-refractivity contribution in [3.05, 3.63) is 94.3 Å². The van der Waals surface area contributed by atoms with Crippen molar-refractivity contribution in [3.8, 4) is 0 Å². The predicted octanol–water partition coefficient (Wildman–Crippen LogP) is 7.04. The van der Waals surface area contributed by atoms with E-state index in [2.05, 4.69) is 10.6 Å². The molecule has 2 aliphatic rings. The lowest BCUT2D eigenvalue weighted by Crippen LogP contribution is -2.52. The third-order valence-electron chi connectivity index (χ3n) is 8.00. The van der Waals surface area contributed by atoms with E-state index in [1.54, 1.807) is 25.1 Å². The molecule has 2 amide bonds. The molecule has 6 nitrogen and oxygen atoms in total. The highest BCUT2D eigenvalue weighted by Gasteiger charge is 2.42. The van der Waals surface area contributed by atoms with Crippen molar-refractivity contribution < 1.29 is 31.9 Å². The van der Waals surface area contributed by atoms with Gasteiger partial charge in [-0.2, -0.15) is 13.2 Å². The Bertz CT molecular complexity index is 1430. The Balaban J connectivity index is 1.48. The van der Waals surface area contributed by atoms with Gasteiger partial charge in [-0.15, -0.1) is 0 Å². The Morgan fingerprint density at radius 2 is 1.62 bits per heavy atom. The molecule has 5 rings (SSSR count). The standard InChI is InChI=1S/C32H33F4N3O3/c1-19-10-13-24(18-25(19)32(34,35)36)38-30(40)29-28(21-11-14-23(15-12-21)37-22-7-3-4-8-22)39(16-17-42-29)31(41)27-20(2)6-5-9-26(27)33/h5-6,9-15,18,22,28-29,37H,3-4,7-8,16-17H2,1-2H3,(H,38,40)/t28-,29-/m1/s1. The fraction of sp³-hybridized carbons (Fsp3) is 0.375. The number of aryl methyl sites for hydroxylation is 2. The highest BCUT2D eigenvalue weighted by molar-refractivity contribution is 5.99. The van der Waals surface area contributed by atoms with E-state index in [9.17, 15) is 27.2 Å². The number of halogens is 4. The van der Waals surface area contributed by atoms with Gasteiger partial charge in [0.15, 0.2) is 6.10 Å². The van der Waals surface area contributed by atoms with E-state index in [0.717, 1.165) is 24.6 Å². The Morgan fingerprint density at radius 3 is 2.29 bits per heavy atom. The van der Waals surface area contributed by atoms with Gasteiger partial charge in [-0.05, 0) is 73.7 Å². The maximum absolute atomic E-state index is 14.9. The zero-order valence-corrected chi connectivity index (χ0v) is 23.4. The van der Waals surface area contributed by atoms with Crippen LogP contribution in [-0.4, -0.2) is 42.0 Å². The van der Waals surface area contributed by atoms with Gasteiger partial charge in [0.25, 0.3) is 11.8 Å². The molecule has 0 bridgehead atoms. The summed E-state index contributed by atoms with van der Waals surface area (Å²) in [6, 6.07) is 14.6. The summed E-state index contributed by atoms with van der Waals surface area (Å²) in [6.07, 6.45) is -1.35. The predicted molar refractivity (Wildman–Crippen MR) is 152 cm³/mol. The molecule has 2 N–H and O–H groups in total. The van der Waals surface area contributed by atoms with E-state index in [1.807, 2.05) is 12.1 Å². The first-order valence-electron chi connectivity index (χ1n) is 14.1. The lowest BCUT2D eigenvalue weighted by Gasteiger charge is -2.41. The van der Waals surface area contributed by atoms with E-state index in [-0.39, 0.29) is 30.0 Å². The molecule has 10 heteroatoms. The molecule has 0 spiro atoms. The summed E-state index contributed by atoms with van der Waals surface area (Å²) in [5.41, 5.74) is 0.928. The highest BCUT2D eigenvalue weighted by atomic mass is 19.4. The monoisotopic (exact) mass is 583 g/mol. The van der Waals surface area contributed by atoms with Gasteiger partial charge in [0, 0.05) is 24.0 Å². The first-order valence-corrected chi connectivity index (χ1v) is 14.1. The van der Waals surface area contributed by atoms with Crippen LogP contribution in [0.3, 0.4) is 0 Å². The maximum atomic E-state index is 14.9. The summed E-state index contributed by atoms with van der Waals surface area (Å²) in [5, 5.41) is 6.05. The van der Waals surface area contributed by atoms with Gasteiger partial charge in [-0.25, -0.2) is 4.39 Å². The number of morpholine rings is 1. The first-order chi connectivity index (χ1) is 20.0. The summed E-state index contributed by atoms with van der Waals surface area (Å²) in [4.78, 5) is 28.8. The van der Waals surface area contributed by atoms with Crippen LogP contribution in [0, 0.1) is 19.7 Å². The minimum Gasteiger partial charge on any atom is -0.382 e. The van der Waals surface area contributed by atoms with Crippen LogP contribution in [0.1, 0.15) is 64.3 Å². The molecule has 2 fully saturated rings. The summed E-state index contributed by atoms with van der Waals surface area (Å²) in [5.74, 6) is -1.99. The van der Waals surface area contributed by atoms with Gasteiger partial charge in [-0.1, -0.05) is 43.2 Å². The van der Waals surface area contributed by atoms with E-state index in [4.69, 9.17) is 4.74 Å². The zero-order chi connectivity index (χ0) is 30.0. The summed E-state index contributed by atoms with van der Waals surface area (Å²) < 4.78 is 61.3. The molecule has 222 valence electrons. The van der Waals surface area contributed by atoms with Crippen LogP contribution in [0.15, 0.2) is 60.7 Å². The van der Waals surface area contributed by atoms with Crippen LogP contribution >= 0.6 is 0 Å². The quantitative estimate of drug-likeness (QED) is 0.306. The molecular weight excluding hydrogens is 550 g/mol. The van der Waals surface area contributed by atoms with Gasteiger partial charge < -0.3 is 20.3 Å². The molecule has 1 saturated heterocycles. The van der Waals surface area contributed by atoms with Crippen LogP contribution in [0.5, 0.6) is 0 Å². The van der Waals surface area contributed by atoms with E-state index in [1.165, 1.54) is 48.9 Å². The van der Waals surface area contributed by atoms with Gasteiger partial charge in [0.1, 0.15) is 5.82 Å². The molecule has 1 aliphatic carbocycles. The molecule has 0 aromatic heterocycles. The topological polar surface area (TPSA) is 70.7 Å². The van der Waals surface area contributed by atoms with Crippen molar-refractivity contribution in [2.75, 3.05) is 23.8 Å². The van der Waals surface area contributed by atoms with Crippen LogP contribution in [0.2, 0.25) is 0 Å². The van der Waals surface area contributed by atoms with Crippen molar-refractivity contribution >= 4 is 23.2 Å².